The molecule has 2 aromatic heterocycles. The number of aryl methyl sites for hydroxylation is 1. The molecule has 1 aromatic carbocycles. The number of hydrogen-bond donors (Lipinski definition) is 0. The van der Waals surface area contributed by atoms with Crippen LogP contribution in [0.4, 0.5) is 0 Å². The van der Waals surface area contributed by atoms with Crippen molar-refractivity contribution in [3.05, 3.63) is 62.4 Å². The molecule has 4 heteroatoms. The van der Waals surface area contributed by atoms with Crippen LogP contribution in [0.2, 0.25) is 0 Å². The van der Waals surface area contributed by atoms with Crippen LogP contribution < -0.4 is 0 Å². The molecular weight excluding hydrogens is 334 g/mol. The lowest BCUT2D eigenvalue weighted by Gasteiger charge is -2.04. The Labute approximate surface area is 129 Å². The summed E-state index contributed by atoms with van der Waals surface area (Å²) in [7, 11) is 0. The predicted molar refractivity (Wildman–Crippen MR) is 86.5 cm³/mol. The van der Waals surface area contributed by atoms with E-state index in [1.807, 2.05) is 43.3 Å². The molecule has 3 rings (SSSR count). The van der Waals surface area contributed by atoms with Crippen molar-refractivity contribution < 1.29 is 4.79 Å². The Morgan fingerprint density at radius 2 is 2.10 bits per heavy atom. The van der Waals surface area contributed by atoms with E-state index in [2.05, 4.69) is 20.9 Å². The highest BCUT2D eigenvalue weighted by molar-refractivity contribution is 9.11. The van der Waals surface area contributed by atoms with Gasteiger partial charge in [-0.1, -0.05) is 18.2 Å². The Bertz CT molecular complexity index is 769. The Kier molecular flexibility index (Phi) is 3.68. The molecule has 2 nitrogen and oxygen atoms in total. The number of Topliss-reactive ketones (excluding diaryl/α,β-unsaturated/α-hetero) is 1. The van der Waals surface area contributed by atoms with Gasteiger partial charge in [-0.05, 0) is 52.2 Å². The molecule has 0 radical (unpaired) electrons. The average molecular weight is 346 g/mol. The van der Waals surface area contributed by atoms with Crippen LogP contribution in [0.5, 0.6) is 0 Å². The lowest BCUT2D eigenvalue weighted by Crippen LogP contribution is -2.02. The summed E-state index contributed by atoms with van der Waals surface area (Å²) in [6.07, 6.45) is 2.18. The van der Waals surface area contributed by atoms with Gasteiger partial charge in [0.25, 0.3) is 0 Å². The van der Waals surface area contributed by atoms with Gasteiger partial charge in [0.1, 0.15) is 0 Å². The molecule has 3 aromatic rings. The molecule has 0 spiro atoms. The summed E-state index contributed by atoms with van der Waals surface area (Å²) in [6.45, 7) is 2.00. The highest BCUT2D eigenvalue weighted by Gasteiger charge is 2.13. The zero-order chi connectivity index (χ0) is 14.1. The van der Waals surface area contributed by atoms with E-state index >= 15 is 0 Å². The lowest BCUT2D eigenvalue weighted by molar-refractivity contribution is 0.0997. The molecule has 100 valence electrons. The molecule has 0 unspecified atom stereocenters. The number of halogens is 1. The maximum absolute atomic E-state index is 12.4. The molecule has 0 atom stereocenters. The zero-order valence-electron chi connectivity index (χ0n) is 10.9. The van der Waals surface area contributed by atoms with Gasteiger partial charge in [0.15, 0.2) is 5.78 Å². The first-order valence-corrected chi connectivity index (χ1v) is 7.88. The molecule has 2 heterocycles. The van der Waals surface area contributed by atoms with Gasteiger partial charge in [-0.15, -0.1) is 11.3 Å². The fraction of sp³-hybridized carbons (Fsp3) is 0.125. The average Bonchev–Trinajstić information content (AvgIpc) is 2.79. The number of fused-ring (bicyclic) bond motifs is 1. The van der Waals surface area contributed by atoms with Crippen LogP contribution in [-0.4, -0.2) is 10.8 Å². The maximum Gasteiger partial charge on any atom is 0.177 e. The number of benzene rings is 1. The molecule has 0 aliphatic heterocycles. The predicted octanol–water partition coefficient (Wildman–Crippen LogP) is 4.79. The molecule has 0 aliphatic rings. The summed E-state index contributed by atoms with van der Waals surface area (Å²) in [4.78, 5) is 17.5. The van der Waals surface area contributed by atoms with E-state index < -0.39 is 0 Å². The minimum Gasteiger partial charge on any atom is -0.293 e. The standard InChI is InChI=1S/C16H12BrNOS/c1-10-8-15(20-16(10)17)14(19)9-11-6-7-18-13-5-3-2-4-12(11)13/h2-8H,9H2,1H3. The third-order valence-corrected chi connectivity index (χ3v) is 5.40. The van der Waals surface area contributed by atoms with E-state index in [0.717, 1.165) is 30.7 Å². The van der Waals surface area contributed by atoms with Crippen molar-refractivity contribution >= 4 is 44.0 Å². The van der Waals surface area contributed by atoms with Gasteiger partial charge in [-0.25, -0.2) is 0 Å². The van der Waals surface area contributed by atoms with Crippen LogP contribution in [0.15, 0.2) is 46.4 Å². The number of pyridine rings is 1. The second kappa shape index (κ2) is 5.46. The van der Waals surface area contributed by atoms with Crippen molar-refractivity contribution in [1.29, 1.82) is 0 Å². The quantitative estimate of drug-likeness (QED) is 0.638. The highest BCUT2D eigenvalue weighted by Crippen LogP contribution is 2.28. The zero-order valence-corrected chi connectivity index (χ0v) is 13.3. The number of hydrogen-bond acceptors (Lipinski definition) is 3. The summed E-state index contributed by atoms with van der Waals surface area (Å²) < 4.78 is 1.03. The Balaban J connectivity index is 1.95. The smallest absolute Gasteiger partial charge is 0.177 e. The van der Waals surface area contributed by atoms with Crippen LogP contribution in [0.1, 0.15) is 20.8 Å². The SMILES string of the molecule is Cc1cc(C(=O)Cc2ccnc3ccccc23)sc1Br. The van der Waals surface area contributed by atoms with Gasteiger partial charge in [0.2, 0.25) is 0 Å². The van der Waals surface area contributed by atoms with Gasteiger partial charge in [0.05, 0.1) is 14.2 Å². The number of para-hydroxylation sites is 1. The topological polar surface area (TPSA) is 30.0 Å². The van der Waals surface area contributed by atoms with Crippen molar-refractivity contribution in [2.24, 2.45) is 0 Å². The van der Waals surface area contributed by atoms with Crippen LogP contribution in [0.25, 0.3) is 10.9 Å². The van der Waals surface area contributed by atoms with Crippen LogP contribution in [-0.2, 0) is 6.42 Å². The monoisotopic (exact) mass is 345 g/mol. The summed E-state index contributed by atoms with van der Waals surface area (Å²) in [5.41, 5.74) is 3.07. The number of rotatable bonds is 3. The van der Waals surface area contributed by atoms with Crippen LogP contribution >= 0.6 is 27.3 Å². The van der Waals surface area contributed by atoms with E-state index in [0.29, 0.717) is 6.42 Å². The molecule has 0 amide bonds. The van der Waals surface area contributed by atoms with Gasteiger partial charge in [-0.2, -0.15) is 0 Å². The Morgan fingerprint density at radius 1 is 1.30 bits per heavy atom. The summed E-state index contributed by atoms with van der Waals surface area (Å²) in [6, 6.07) is 11.8. The van der Waals surface area contributed by atoms with E-state index in [4.69, 9.17) is 0 Å². The number of thiophene rings is 1. The summed E-state index contributed by atoms with van der Waals surface area (Å²) >= 11 is 4.96. The second-order valence-electron chi connectivity index (χ2n) is 4.65. The fourth-order valence-electron chi connectivity index (χ4n) is 2.17. The molecule has 0 saturated heterocycles. The van der Waals surface area contributed by atoms with Crippen molar-refractivity contribution in [1.82, 2.24) is 4.98 Å². The lowest BCUT2D eigenvalue weighted by atomic mass is 10.0. The first-order chi connectivity index (χ1) is 9.65. The van der Waals surface area contributed by atoms with Gasteiger partial charge >= 0.3 is 0 Å². The van der Waals surface area contributed by atoms with Crippen molar-refractivity contribution in [3.8, 4) is 0 Å². The third-order valence-electron chi connectivity index (χ3n) is 3.22. The third kappa shape index (κ3) is 2.53. The first kappa shape index (κ1) is 13.5. The molecule has 0 saturated carbocycles. The number of aromatic nitrogens is 1. The minimum atomic E-state index is 0.153. The number of ketones is 1. The normalized spacial score (nSPS) is 10.9. The van der Waals surface area contributed by atoms with Crippen molar-refractivity contribution in [3.63, 3.8) is 0 Å². The van der Waals surface area contributed by atoms with Crippen LogP contribution in [0, 0.1) is 6.92 Å². The van der Waals surface area contributed by atoms with Gasteiger partial charge < -0.3 is 0 Å². The van der Waals surface area contributed by atoms with Crippen molar-refractivity contribution in [2.45, 2.75) is 13.3 Å². The molecule has 0 fully saturated rings. The summed E-state index contributed by atoms with van der Waals surface area (Å²) in [5.74, 6) is 0.153. The number of carbonyl (C=O) groups excluding carboxylic acids is 1. The van der Waals surface area contributed by atoms with Crippen LogP contribution in [0.3, 0.4) is 0 Å². The van der Waals surface area contributed by atoms with Gasteiger partial charge in [-0.3, -0.25) is 9.78 Å². The molecule has 0 aliphatic carbocycles. The van der Waals surface area contributed by atoms with E-state index in [1.165, 1.54) is 11.3 Å². The fourth-order valence-corrected chi connectivity index (χ4v) is 3.64. The van der Waals surface area contributed by atoms with E-state index in [-0.39, 0.29) is 5.78 Å². The molecular formula is C16H12BrNOS. The largest absolute Gasteiger partial charge is 0.293 e. The van der Waals surface area contributed by atoms with Crippen molar-refractivity contribution in [2.75, 3.05) is 0 Å². The minimum absolute atomic E-state index is 0.153. The van der Waals surface area contributed by atoms with E-state index in [1.54, 1.807) is 6.20 Å². The van der Waals surface area contributed by atoms with E-state index in [9.17, 15) is 4.79 Å². The second-order valence-corrected chi connectivity index (χ2v) is 7.02. The Morgan fingerprint density at radius 3 is 2.85 bits per heavy atom. The molecule has 0 N–H and O–H groups in total. The number of nitrogens with zero attached hydrogens (tertiary/aromatic N) is 1. The summed E-state index contributed by atoms with van der Waals surface area (Å²) in [5, 5.41) is 1.05. The van der Waals surface area contributed by atoms with Gasteiger partial charge in [0, 0.05) is 18.0 Å². The molecule has 20 heavy (non-hydrogen) atoms. The molecule has 0 bridgehead atoms. The first-order valence-electron chi connectivity index (χ1n) is 6.27. The highest BCUT2D eigenvalue weighted by atomic mass is 79.9. The maximum atomic E-state index is 12.4. The Hall–Kier alpha value is -1.52. The number of carbonyl (C=O) groups is 1.